The van der Waals surface area contributed by atoms with Gasteiger partial charge in [-0.15, -0.1) is 0 Å². The molecule has 4 rings (SSSR count). The van der Waals surface area contributed by atoms with Crippen LogP contribution in [0, 0.1) is 11.6 Å². The molecule has 0 aliphatic heterocycles. The largest absolute Gasteiger partial charge is 0.358 e. The molecular formula is C20H18F2N2O. The number of H-pyrrole nitrogens is 1. The highest BCUT2D eigenvalue weighted by Crippen LogP contribution is 2.29. The van der Waals surface area contributed by atoms with Crippen LogP contribution < -0.4 is 5.32 Å². The van der Waals surface area contributed by atoms with Crippen molar-refractivity contribution in [3.05, 3.63) is 70.4 Å². The Labute approximate surface area is 144 Å². The molecule has 5 heteroatoms. The van der Waals surface area contributed by atoms with Gasteiger partial charge >= 0.3 is 0 Å². The molecule has 2 N–H and O–H groups in total. The van der Waals surface area contributed by atoms with Gasteiger partial charge in [-0.1, -0.05) is 12.1 Å². The van der Waals surface area contributed by atoms with Crippen molar-refractivity contribution < 1.29 is 13.6 Å². The second kappa shape index (κ2) is 6.31. The number of aryl methyl sites for hydroxylation is 2. The van der Waals surface area contributed by atoms with Gasteiger partial charge in [-0.2, -0.15) is 0 Å². The van der Waals surface area contributed by atoms with Crippen LogP contribution in [0.25, 0.3) is 10.9 Å². The fourth-order valence-electron chi connectivity index (χ4n) is 3.55. The van der Waals surface area contributed by atoms with Crippen LogP contribution in [0.2, 0.25) is 0 Å². The van der Waals surface area contributed by atoms with Crippen LogP contribution in [-0.4, -0.2) is 10.9 Å². The predicted octanol–water partition coefficient (Wildman–Crippen LogP) is 4.25. The van der Waals surface area contributed by atoms with E-state index in [2.05, 4.69) is 10.3 Å². The molecule has 128 valence electrons. The Morgan fingerprint density at radius 3 is 2.64 bits per heavy atom. The van der Waals surface area contributed by atoms with Crippen molar-refractivity contribution in [3.63, 3.8) is 0 Å². The number of halogens is 2. The number of nitrogens with one attached hydrogen (secondary N) is 2. The van der Waals surface area contributed by atoms with Crippen LogP contribution >= 0.6 is 0 Å². The first-order chi connectivity index (χ1) is 12.1. The normalized spacial score (nSPS) is 13.7. The lowest BCUT2D eigenvalue weighted by molar-refractivity contribution is 0.0942. The molecule has 0 bridgehead atoms. The van der Waals surface area contributed by atoms with Crippen molar-refractivity contribution in [2.45, 2.75) is 32.2 Å². The van der Waals surface area contributed by atoms with Gasteiger partial charge in [-0.25, -0.2) is 8.78 Å². The fourth-order valence-corrected chi connectivity index (χ4v) is 3.55. The summed E-state index contributed by atoms with van der Waals surface area (Å²) in [7, 11) is 0. The van der Waals surface area contributed by atoms with Gasteiger partial charge in [0.1, 0.15) is 17.2 Å². The zero-order valence-electron chi connectivity index (χ0n) is 13.7. The maximum absolute atomic E-state index is 13.7. The van der Waals surface area contributed by atoms with E-state index in [0.717, 1.165) is 36.1 Å². The number of carbonyl (C=O) groups is 1. The summed E-state index contributed by atoms with van der Waals surface area (Å²) >= 11 is 0. The highest BCUT2D eigenvalue weighted by atomic mass is 19.1. The van der Waals surface area contributed by atoms with Crippen LogP contribution in [0.5, 0.6) is 0 Å². The van der Waals surface area contributed by atoms with E-state index in [1.54, 1.807) is 0 Å². The zero-order valence-corrected chi connectivity index (χ0v) is 13.7. The van der Waals surface area contributed by atoms with Crippen LogP contribution in [0.15, 0.2) is 36.4 Å². The summed E-state index contributed by atoms with van der Waals surface area (Å²) in [6, 6.07) is 9.37. The summed E-state index contributed by atoms with van der Waals surface area (Å²) in [6.07, 6.45) is 4.53. The third-order valence-electron chi connectivity index (χ3n) is 4.81. The smallest absolute Gasteiger partial charge is 0.257 e. The molecule has 1 aromatic heterocycles. The fraction of sp³-hybridized carbons (Fsp3) is 0.250. The number of rotatable bonds is 3. The number of aromatic nitrogens is 1. The van der Waals surface area contributed by atoms with E-state index >= 15 is 0 Å². The van der Waals surface area contributed by atoms with Gasteiger partial charge in [0.05, 0.1) is 0 Å². The molecule has 3 aromatic rings. The molecule has 1 amide bonds. The maximum Gasteiger partial charge on any atom is 0.257 e. The van der Waals surface area contributed by atoms with Gasteiger partial charge < -0.3 is 10.3 Å². The third kappa shape index (κ3) is 2.90. The van der Waals surface area contributed by atoms with E-state index in [1.807, 2.05) is 18.2 Å². The summed E-state index contributed by atoms with van der Waals surface area (Å²) in [5.41, 5.74) is 4.13. The number of hydrogen-bond acceptors (Lipinski definition) is 1. The molecule has 0 saturated carbocycles. The molecule has 0 fully saturated rings. The van der Waals surface area contributed by atoms with Crippen LogP contribution in [0.4, 0.5) is 8.78 Å². The van der Waals surface area contributed by atoms with Gasteiger partial charge in [-0.3, -0.25) is 4.79 Å². The first kappa shape index (κ1) is 15.8. The molecule has 0 spiro atoms. The number of hydrogen-bond donors (Lipinski definition) is 2. The van der Waals surface area contributed by atoms with E-state index in [-0.39, 0.29) is 6.54 Å². The molecule has 0 saturated heterocycles. The van der Waals surface area contributed by atoms with E-state index in [0.29, 0.717) is 0 Å². The Kier molecular flexibility index (Phi) is 3.99. The second-order valence-electron chi connectivity index (χ2n) is 6.45. The monoisotopic (exact) mass is 340 g/mol. The molecule has 0 atom stereocenters. The number of aromatic amines is 1. The summed E-state index contributed by atoms with van der Waals surface area (Å²) in [6.45, 7) is 0.225. The molecule has 25 heavy (non-hydrogen) atoms. The molecule has 2 aromatic carbocycles. The minimum Gasteiger partial charge on any atom is -0.358 e. The van der Waals surface area contributed by atoms with E-state index in [1.165, 1.54) is 35.6 Å². The molecule has 1 heterocycles. The number of amides is 1. The summed E-state index contributed by atoms with van der Waals surface area (Å²) in [5, 5.41) is 3.78. The van der Waals surface area contributed by atoms with Gasteiger partial charge in [-0.05, 0) is 61.1 Å². The standard InChI is InChI=1S/C20H18F2N2O/c21-15-5-3-6-16(22)19(15)20(25)23-11-12-8-9-18-14(10-12)13-4-1-2-7-17(13)24-18/h3,5-6,8-10,24H,1-2,4,7,11H2,(H,23,25). The van der Waals surface area contributed by atoms with Gasteiger partial charge in [0.2, 0.25) is 0 Å². The van der Waals surface area contributed by atoms with Gasteiger partial charge in [0.15, 0.2) is 0 Å². The first-order valence-corrected chi connectivity index (χ1v) is 8.48. The van der Waals surface area contributed by atoms with E-state index < -0.39 is 23.1 Å². The first-order valence-electron chi connectivity index (χ1n) is 8.48. The Balaban J connectivity index is 1.56. The molecule has 1 aliphatic carbocycles. The lowest BCUT2D eigenvalue weighted by atomic mass is 9.95. The Hall–Kier alpha value is -2.69. The second-order valence-corrected chi connectivity index (χ2v) is 6.45. The van der Waals surface area contributed by atoms with Crippen molar-refractivity contribution in [2.24, 2.45) is 0 Å². The highest BCUT2D eigenvalue weighted by molar-refractivity contribution is 5.94. The van der Waals surface area contributed by atoms with Crippen molar-refractivity contribution in [3.8, 4) is 0 Å². The molecule has 0 radical (unpaired) electrons. The van der Waals surface area contributed by atoms with Crippen LogP contribution in [-0.2, 0) is 19.4 Å². The maximum atomic E-state index is 13.7. The quantitative estimate of drug-likeness (QED) is 0.735. The summed E-state index contributed by atoms with van der Waals surface area (Å²) < 4.78 is 27.4. The summed E-state index contributed by atoms with van der Waals surface area (Å²) in [5.74, 6) is -2.45. The lowest BCUT2D eigenvalue weighted by Crippen LogP contribution is -2.25. The minimum atomic E-state index is -0.854. The van der Waals surface area contributed by atoms with Crippen molar-refractivity contribution in [1.82, 2.24) is 10.3 Å². The molecule has 3 nitrogen and oxygen atoms in total. The Morgan fingerprint density at radius 1 is 1.08 bits per heavy atom. The lowest BCUT2D eigenvalue weighted by Gasteiger charge is -2.11. The molecule has 0 unspecified atom stereocenters. The Bertz CT molecular complexity index is 941. The van der Waals surface area contributed by atoms with E-state index in [9.17, 15) is 13.6 Å². The highest BCUT2D eigenvalue weighted by Gasteiger charge is 2.18. The minimum absolute atomic E-state index is 0.225. The number of benzene rings is 2. The van der Waals surface area contributed by atoms with Crippen molar-refractivity contribution in [2.75, 3.05) is 0 Å². The van der Waals surface area contributed by atoms with Gasteiger partial charge in [0, 0.05) is 23.1 Å². The van der Waals surface area contributed by atoms with E-state index in [4.69, 9.17) is 0 Å². The Morgan fingerprint density at radius 2 is 1.84 bits per heavy atom. The zero-order chi connectivity index (χ0) is 17.4. The van der Waals surface area contributed by atoms with Crippen LogP contribution in [0.3, 0.4) is 0 Å². The van der Waals surface area contributed by atoms with Crippen molar-refractivity contribution >= 4 is 16.8 Å². The summed E-state index contributed by atoms with van der Waals surface area (Å²) in [4.78, 5) is 15.6. The average molecular weight is 340 g/mol. The third-order valence-corrected chi connectivity index (χ3v) is 4.81. The number of carbonyl (C=O) groups excluding carboxylic acids is 1. The number of fused-ring (bicyclic) bond motifs is 3. The van der Waals surface area contributed by atoms with Gasteiger partial charge in [0.25, 0.3) is 5.91 Å². The SMILES string of the molecule is O=C(NCc1ccc2[nH]c3c(c2c1)CCCC3)c1c(F)cccc1F. The molecule has 1 aliphatic rings. The van der Waals surface area contributed by atoms with Crippen LogP contribution in [0.1, 0.15) is 40.0 Å². The molecular weight excluding hydrogens is 322 g/mol. The topological polar surface area (TPSA) is 44.9 Å². The van der Waals surface area contributed by atoms with Crippen molar-refractivity contribution in [1.29, 1.82) is 0 Å². The average Bonchev–Trinajstić information content (AvgIpc) is 2.98. The predicted molar refractivity (Wildman–Crippen MR) is 92.5 cm³/mol.